The minimum absolute atomic E-state index is 0.245. The fourth-order valence-electron chi connectivity index (χ4n) is 1.48. The molecule has 3 nitrogen and oxygen atoms in total. The predicted molar refractivity (Wildman–Crippen MR) is 63.7 cm³/mol. The van der Waals surface area contributed by atoms with Gasteiger partial charge in [-0.2, -0.15) is 0 Å². The van der Waals surface area contributed by atoms with E-state index in [1.54, 1.807) is 11.3 Å². The number of nitrogens with two attached hydrogens (primary N) is 1. The Kier molecular flexibility index (Phi) is 4.78. The van der Waals surface area contributed by atoms with E-state index in [0.29, 0.717) is 5.92 Å². The van der Waals surface area contributed by atoms with E-state index < -0.39 is 0 Å². The molecule has 1 rings (SSSR count). The lowest BCUT2D eigenvalue weighted by Crippen LogP contribution is -2.32. The van der Waals surface area contributed by atoms with Crippen molar-refractivity contribution in [2.75, 3.05) is 6.54 Å². The molecule has 0 unspecified atom stereocenters. The molecule has 0 saturated heterocycles. The van der Waals surface area contributed by atoms with Gasteiger partial charge >= 0.3 is 0 Å². The number of hydrogen-bond acceptors (Lipinski definition) is 3. The van der Waals surface area contributed by atoms with Gasteiger partial charge in [-0.05, 0) is 23.8 Å². The molecule has 0 aliphatic rings. The molecule has 1 atom stereocenters. The Morgan fingerprint density at radius 3 is 2.80 bits per heavy atom. The van der Waals surface area contributed by atoms with Crippen LogP contribution >= 0.6 is 11.3 Å². The first kappa shape index (κ1) is 12.2. The molecule has 3 N–H and O–H groups in total. The van der Waals surface area contributed by atoms with Crippen LogP contribution in [0.1, 0.15) is 31.2 Å². The van der Waals surface area contributed by atoms with E-state index in [9.17, 15) is 4.79 Å². The smallest absolute Gasteiger partial charge is 0.231 e. The van der Waals surface area contributed by atoms with Crippen molar-refractivity contribution in [3.63, 3.8) is 0 Å². The second-order valence-corrected chi connectivity index (χ2v) is 5.02. The molecule has 1 amide bonds. The van der Waals surface area contributed by atoms with E-state index in [-0.39, 0.29) is 18.5 Å². The summed E-state index contributed by atoms with van der Waals surface area (Å²) in [5.41, 5.74) is 5.13. The topological polar surface area (TPSA) is 55.1 Å². The van der Waals surface area contributed by atoms with Crippen molar-refractivity contribution in [2.45, 2.75) is 26.3 Å². The molecule has 0 radical (unpaired) electrons. The van der Waals surface area contributed by atoms with Gasteiger partial charge in [0, 0.05) is 10.9 Å². The van der Waals surface area contributed by atoms with Gasteiger partial charge in [-0.25, -0.2) is 0 Å². The molecule has 4 heteroatoms. The lowest BCUT2D eigenvalue weighted by atomic mass is 10.0. The van der Waals surface area contributed by atoms with Crippen LogP contribution in [0.4, 0.5) is 0 Å². The molecular weight excluding hydrogens is 208 g/mol. The minimum atomic E-state index is -0.305. The molecule has 1 aromatic heterocycles. The van der Waals surface area contributed by atoms with Crippen molar-refractivity contribution >= 4 is 17.2 Å². The van der Waals surface area contributed by atoms with Gasteiger partial charge in [0.15, 0.2) is 0 Å². The largest absolute Gasteiger partial charge is 0.369 e. The zero-order valence-corrected chi connectivity index (χ0v) is 10.0. The van der Waals surface area contributed by atoms with Crippen LogP contribution in [0.25, 0.3) is 0 Å². The number of carbonyl (C=O) groups excluding carboxylic acids is 1. The average molecular weight is 226 g/mol. The molecule has 0 fully saturated rings. The van der Waals surface area contributed by atoms with E-state index in [2.05, 4.69) is 30.6 Å². The zero-order chi connectivity index (χ0) is 11.3. The second-order valence-electron chi connectivity index (χ2n) is 4.04. The summed E-state index contributed by atoms with van der Waals surface area (Å²) in [4.78, 5) is 12.0. The van der Waals surface area contributed by atoms with Gasteiger partial charge in [0.25, 0.3) is 0 Å². The highest BCUT2D eigenvalue weighted by molar-refractivity contribution is 7.10. The lowest BCUT2D eigenvalue weighted by molar-refractivity contribution is -0.117. The van der Waals surface area contributed by atoms with Crippen LogP contribution in [0.3, 0.4) is 0 Å². The van der Waals surface area contributed by atoms with Crippen LogP contribution in [0, 0.1) is 5.92 Å². The highest BCUT2D eigenvalue weighted by Gasteiger charge is 2.14. The van der Waals surface area contributed by atoms with Crippen molar-refractivity contribution in [1.82, 2.24) is 5.32 Å². The van der Waals surface area contributed by atoms with Crippen LogP contribution in [-0.4, -0.2) is 12.5 Å². The van der Waals surface area contributed by atoms with E-state index in [0.717, 1.165) is 6.42 Å². The monoisotopic (exact) mass is 226 g/mol. The summed E-state index contributed by atoms with van der Waals surface area (Å²) in [6.07, 6.45) is 1.02. The summed E-state index contributed by atoms with van der Waals surface area (Å²) in [5.74, 6) is 0.290. The number of primary amides is 1. The Balaban J connectivity index is 2.57. The number of thiophene rings is 1. The van der Waals surface area contributed by atoms with Crippen molar-refractivity contribution in [1.29, 1.82) is 0 Å². The van der Waals surface area contributed by atoms with Crippen molar-refractivity contribution in [2.24, 2.45) is 11.7 Å². The molecule has 0 spiro atoms. The van der Waals surface area contributed by atoms with Gasteiger partial charge in [0.2, 0.25) is 5.91 Å². The third-order valence-corrected chi connectivity index (χ3v) is 3.10. The molecule has 0 aliphatic carbocycles. The SMILES string of the molecule is CC(C)C[C@H](NCC(N)=O)c1cccs1. The minimum Gasteiger partial charge on any atom is -0.369 e. The van der Waals surface area contributed by atoms with Gasteiger partial charge in [-0.3, -0.25) is 4.79 Å². The number of carbonyl (C=O) groups is 1. The van der Waals surface area contributed by atoms with Crippen molar-refractivity contribution < 1.29 is 4.79 Å². The van der Waals surface area contributed by atoms with Crippen LogP contribution in [-0.2, 0) is 4.79 Å². The van der Waals surface area contributed by atoms with Gasteiger partial charge in [0.05, 0.1) is 6.54 Å². The Morgan fingerprint density at radius 2 is 2.33 bits per heavy atom. The number of rotatable bonds is 6. The quantitative estimate of drug-likeness (QED) is 0.778. The molecule has 1 aromatic rings. The Bertz CT molecular complexity index is 296. The molecule has 0 aliphatic heterocycles. The Labute approximate surface area is 94.7 Å². The standard InChI is InChI=1S/C11H18N2OS/c1-8(2)6-9(13-7-11(12)14)10-4-3-5-15-10/h3-5,8-9,13H,6-7H2,1-2H3,(H2,12,14)/t9-/m0/s1. The molecule has 0 bridgehead atoms. The van der Waals surface area contributed by atoms with Crippen LogP contribution in [0.5, 0.6) is 0 Å². The van der Waals surface area contributed by atoms with E-state index >= 15 is 0 Å². The second kappa shape index (κ2) is 5.88. The third kappa shape index (κ3) is 4.44. The van der Waals surface area contributed by atoms with Crippen LogP contribution in [0.2, 0.25) is 0 Å². The summed E-state index contributed by atoms with van der Waals surface area (Å²) < 4.78 is 0. The molecular formula is C11H18N2OS. The fraction of sp³-hybridized carbons (Fsp3) is 0.545. The highest BCUT2D eigenvalue weighted by atomic mass is 32.1. The average Bonchev–Trinajstić information content (AvgIpc) is 2.63. The molecule has 15 heavy (non-hydrogen) atoms. The van der Waals surface area contributed by atoms with Crippen molar-refractivity contribution in [3.05, 3.63) is 22.4 Å². The molecule has 0 saturated carbocycles. The van der Waals surface area contributed by atoms with Gasteiger partial charge < -0.3 is 11.1 Å². The highest BCUT2D eigenvalue weighted by Crippen LogP contribution is 2.24. The lowest BCUT2D eigenvalue weighted by Gasteiger charge is -2.18. The fourth-order valence-corrected chi connectivity index (χ4v) is 2.30. The van der Waals surface area contributed by atoms with Crippen LogP contribution < -0.4 is 11.1 Å². The summed E-state index contributed by atoms with van der Waals surface area (Å²) in [6, 6.07) is 4.36. The van der Waals surface area contributed by atoms with E-state index in [1.165, 1.54) is 4.88 Å². The first-order chi connectivity index (χ1) is 7.09. The van der Waals surface area contributed by atoms with Crippen LogP contribution in [0.15, 0.2) is 17.5 Å². The Hall–Kier alpha value is -0.870. The normalized spacial score (nSPS) is 13.0. The van der Waals surface area contributed by atoms with E-state index in [1.807, 2.05) is 6.07 Å². The first-order valence-corrected chi connectivity index (χ1v) is 6.02. The summed E-state index contributed by atoms with van der Waals surface area (Å²) in [6.45, 7) is 4.59. The third-order valence-electron chi connectivity index (χ3n) is 2.12. The number of nitrogens with one attached hydrogen (secondary N) is 1. The molecule has 84 valence electrons. The van der Waals surface area contributed by atoms with Gasteiger partial charge in [-0.1, -0.05) is 19.9 Å². The summed E-state index contributed by atoms with van der Waals surface area (Å²) in [5, 5.41) is 5.24. The summed E-state index contributed by atoms with van der Waals surface area (Å²) >= 11 is 1.71. The number of hydrogen-bond donors (Lipinski definition) is 2. The summed E-state index contributed by atoms with van der Waals surface area (Å²) in [7, 11) is 0. The van der Waals surface area contributed by atoms with Crippen molar-refractivity contribution in [3.8, 4) is 0 Å². The first-order valence-electron chi connectivity index (χ1n) is 5.14. The maximum atomic E-state index is 10.7. The predicted octanol–water partition coefficient (Wildman–Crippen LogP) is 1.91. The molecule has 1 heterocycles. The van der Waals surface area contributed by atoms with Gasteiger partial charge in [0.1, 0.15) is 0 Å². The van der Waals surface area contributed by atoms with Gasteiger partial charge in [-0.15, -0.1) is 11.3 Å². The zero-order valence-electron chi connectivity index (χ0n) is 9.19. The molecule has 0 aromatic carbocycles. The Morgan fingerprint density at radius 1 is 1.60 bits per heavy atom. The van der Waals surface area contributed by atoms with E-state index in [4.69, 9.17) is 5.73 Å². The number of amides is 1. The maximum absolute atomic E-state index is 10.7. The maximum Gasteiger partial charge on any atom is 0.231 e.